The van der Waals surface area contributed by atoms with E-state index in [0.29, 0.717) is 34.6 Å². The number of hydrogen-bond donors (Lipinski definition) is 1. The fraction of sp³-hybridized carbons (Fsp3) is 0.421. The molecule has 152 valence electrons. The van der Waals surface area contributed by atoms with Gasteiger partial charge in [0.05, 0.1) is 5.56 Å². The van der Waals surface area contributed by atoms with Crippen molar-refractivity contribution in [2.75, 3.05) is 0 Å². The maximum Gasteiger partial charge on any atom is 0.417 e. The molecule has 28 heavy (non-hydrogen) atoms. The maximum atomic E-state index is 13.6. The molecule has 0 saturated carbocycles. The molecule has 2 heterocycles. The predicted octanol–water partition coefficient (Wildman–Crippen LogP) is 5.71. The third-order valence-corrected chi connectivity index (χ3v) is 4.89. The number of hydrogen-bond acceptors (Lipinski definition) is 1. The number of halogens is 6. The first-order chi connectivity index (χ1) is 12.9. The summed E-state index contributed by atoms with van der Waals surface area (Å²) in [5.74, 6) is 0. The van der Waals surface area contributed by atoms with Gasteiger partial charge >= 0.3 is 12.4 Å². The Bertz CT molecular complexity index is 1090. The normalized spacial score (nSPS) is 13.0. The molecular weight excluding hydrogens is 386 g/mol. The highest BCUT2D eigenvalue weighted by atomic mass is 19.4. The molecule has 0 amide bonds. The van der Waals surface area contributed by atoms with Crippen LogP contribution in [-0.4, -0.2) is 15.7 Å². The van der Waals surface area contributed by atoms with Crippen LogP contribution in [0.15, 0.2) is 23.0 Å². The number of fused-ring (bicyclic) bond motifs is 3. The first-order valence-electron chi connectivity index (χ1n) is 8.75. The molecule has 0 aliphatic rings. The third kappa shape index (κ3) is 3.62. The van der Waals surface area contributed by atoms with E-state index in [1.165, 1.54) is 6.07 Å². The number of H-pyrrole nitrogens is 1. The zero-order valence-corrected chi connectivity index (χ0v) is 15.2. The first-order valence-corrected chi connectivity index (χ1v) is 8.75. The highest BCUT2D eigenvalue weighted by Crippen LogP contribution is 2.40. The smallest absolute Gasteiger partial charge is 0.344 e. The third-order valence-electron chi connectivity index (χ3n) is 4.89. The number of pyridine rings is 1. The summed E-state index contributed by atoms with van der Waals surface area (Å²) in [4.78, 5) is 14.1. The second-order valence-corrected chi connectivity index (χ2v) is 6.72. The van der Waals surface area contributed by atoms with Crippen LogP contribution in [0.5, 0.6) is 0 Å². The number of alkyl halides is 6. The van der Waals surface area contributed by atoms with Crippen LogP contribution in [0.2, 0.25) is 0 Å². The molecule has 0 radical (unpaired) electrons. The van der Waals surface area contributed by atoms with Crippen molar-refractivity contribution in [3.8, 4) is 0 Å². The van der Waals surface area contributed by atoms with Gasteiger partial charge in [0.1, 0.15) is 0 Å². The van der Waals surface area contributed by atoms with Gasteiger partial charge in [-0.1, -0.05) is 6.92 Å². The van der Waals surface area contributed by atoms with E-state index >= 15 is 0 Å². The van der Waals surface area contributed by atoms with Crippen molar-refractivity contribution in [3.05, 3.63) is 45.4 Å². The van der Waals surface area contributed by atoms with Gasteiger partial charge in [-0.3, -0.25) is 4.79 Å². The Morgan fingerprint density at radius 2 is 1.75 bits per heavy atom. The first kappa shape index (κ1) is 20.3. The van der Waals surface area contributed by atoms with E-state index in [9.17, 15) is 31.1 Å². The number of benzene rings is 1. The molecule has 3 aromatic rings. The largest absolute Gasteiger partial charge is 0.417 e. The average molecular weight is 404 g/mol. The molecule has 0 aliphatic heterocycles. The van der Waals surface area contributed by atoms with Crippen molar-refractivity contribution < 1.29 is 26.3 Å². The van der Waals surface area contributed by atoms with Crippen LogP contribution in [0.1, 0.15) is 36.6 Å². The quantitative estimate of drug-likeness (QED) is 0.556. The molecule has 0 spiro atoms. The van der Waals surface area contributed by atoms with Crippen molar-refractivity contribution in [1.82, 2.24) is 9.55 Å². The van der Waals surface area contributed by atoms with E-state index in [1.54, 1.807) is 24.5 Å². The lowest BCUT2D eigenvalue weighted by atomic mass is 10.0. The van der Waals surface area contributed by atoms with Crippen molar-refractivity contribution in [2.24, 2.45) is 0 Å². The van der Waals surface area contributed by atoms with Crippen molar-refractivity contribution in [3.63, 3.8) is 0 Å². The Kier molecular flexibility index (Phi) is 4.97. The summed E-state index contributed by atoms with van der Waals surface area (Å²) in [6.45, 7) is 3.51. The summed E-state index contributed by atoms with van der Waals surface area (Å²) < 4.78 is 80.0. The minimum absolute atomic E-state index is 0.0449. The summed E-state index contributed by atoms with van der Waals surface area (Å²) in [6.07, 6.45) is -9.71. The molecule has 0 aliphatic carbocycles. The lowest BCUT2D eigenvalue weighted by Crippen LogP contribution is -2.14. The Balaban J connectivity index is 2.30. The number of rotatable bonds is 4. The van der Waals surface area contributed by atoms with Crippen LogP contribution >= 0.6 is 0 Å². The number of aromatic nitrogens is 2. The molecular formula is C19H18F6N2O. The predicted molar refractivity (Wildman–Crippen MR) is 94.5 cm³/mol. The summed E-state index contributed by atoms with van der Waals surface area (Å²) in [6, 6.07) is 3.44. The van der Waals surface area contributed by atoms with Crippen molar-refractivity contribution >= 4 is 21.8 Å². The van der Waals surface area contributed by atoms with Gasteiger partial charge in [0.15, 0.2) is 0 Å². The van der Waals surface area contributed by atoms with E-state index in [-0.39, 0.29) is 23.9 Å². The molecule has 3 nitrogen and oxygen atoms in total. The molecule has 0 atom stereocenters. The fourth-order valence-corrected chi connectivity index (χ4v) is 3.82. The molecule has 0 saturated heterocycles. The van der Waals surface area contributed by atoms with Crippen LogP contribution in [0, 0.1) is 6.92 Å². The number of aryl methyl sites for hydroxylation is 2. The average Bonchev–Trinajstić information content (AvgIpc) is 2.83. The Morgan fingerprint density at radius 3 is 2.32 bits per heavy atom. The van der Waals surface area contributed by atoms with Gasteiger partial charge in [-0.05, 0) is 37.5 Å². The van der Waals surface area contributed by atoms with Crippen molar-refractivity contribution in [2.45, 2.75) is 52.0 Å². The molecule has 0 unspecified atom stereocenters. The molecule has 9 heteroatoms. The summed E-state index contributed by atoms with van der Waals surface area (Å²) >= 11 is 0. The zero-order chi connectivity index (χ0) is 20.9. The van der Waals surface area contributed by atoms with Crippen LogP contribution in [0.25, 0.3) is 21.8 Å². The van der Waals surface area contributed by atoms with Gasteiger partial charge in [-0.15, -0.1) is 0 Å². The highest BCUT2D eigenvalue weighted by molar-refractivity contribution is 6.09. The molecule has 1 N–H and O–H groups in total. The number of nitrogens with one attached hydrogen (secondary N) is 1. The topological polar surface area (TPSA) is 37.8 Å². The number of nitrogens with zero attached hydrogens (tertiary/aromatic N) is 1. The summed E-state index contributed by atoms with van der Waals surface area (Å²) in [5, 5.41) is 0.177. The number of aromatic amines is 1. The zero-order valence-electron chi connectivity index (χ0n) is 15.2. The van der Waals surface area contributed by atoms with E-state index < -0.39 is 29.9 Å². The maximum absolute atomic E-state index is 13.6. The lowest BCUT2D eigenvalue weighted by Gasteiger charge is -2.13. The minimum Gasteiger partial charge on any atom is -0.344 e. The van der Waals surface area contributed by atoms with E-state index in [4.69, 9.17) is 0 Å². The van der Waals surface area contributed by atoms with Crippen molar-refractivity contribution in [1.29, 1.82) is 0 Å². The van der Waals surface area contributed by atoms with Crippen LogP contribution < -0.4 is 5.56 Å². The lowest BCUT2D eigenvalue weighted by molar-refractivity contribution is -0.137. The second-order valence-electron chi connectivity index (χ2n) is 6.72. The molecule has 0 bridgehead atoms. The van der Waals surface area contributed by atoms with Gasteiger partial charge in [-0.2, -0.15) is 26.3 Å². The Morgan fingerprint density at radius 1 is 1.07 bits per heavy atom. The van der Waals surface area contributed by atoms with Gasteiger partial charge in [0.2, 0.25) is 5.56 Å². The Hall–Kier alpha value is -2.45. The highest BCUT2D eigenvalue weighted by Gasteiger charge is 2.35. The fourth-order valence-electron chi connectivity index (χ4n) is 3.82. The molecule has 3 rings (SSSR count). The molecule has 2 aromatic heterocycles. The minimum atomic E-state index is -4.74. The standard InChI is InChI=1S/C19H18F6N2O/c1-3-13-10(2)16-14(27(13)8-4-7-18(20,21)22)6-5-12-17(16)11(19(23,24)25)9-15(28)26-12/h5-6,9H,3-4,7-8H2,1-2H3,(H,26,28). The summed E-state index contributed by atoms with van der Waals surface area (Å²) in [7, 11) is 0. The van der Waals surface area contributed by atoms with E-state index in [0.717, 1.165) is 0 Å². The van der Waals surface area contributed by atoms with Gasteiger partial charge < -0.3 is 9.55 Å². The van der Waals surface area contributed by atoms with Gasteiger partial charge in [0, 0.05) is 46.5 Å². The van der Waals surface area contributed by atoms with Crippen LogP contribution in [0.4, 0.5) is 26.3 Å². The second kappa shape index (κ2) is 6.86. The molecule has 0 fully saturated rings. The van der Waals surface area contributed by atoms with Crippen LogP contribution in [0.3, 0.4) is 0 Å². The SMILES string of the molecule is CCc1c(C)c2c3c(C(F)(F)F)cc(=O)[nH]c3ccc2n1CCCC(F)(F)F. The van der Waals surface area contributed by atoms with Crippen LogP contribution in [-0.2, 0) is 19.1 Å². The monoisotopic (exact) mass is 404 g/mol. The summed E-state index contributed by atoms with van der Waals surface area (Å²) in [5.41, 5.74) is -0.170. The van der Waals surface area contributed by atoms with Gasteiger partial charge in [-0.25, -0.2) is 0 Å². The van der Waals surface area contributed by atoms with Gasteiger partial charge in [0.25, 0.3) is 0 Å². The van der Waals surface area contributed by atoms with E-state index in [1.807, 2.05) is 0 Å². The van der Waals surface area contributed by atoms with E-state index in [2.05, 4.69) is 4.98 Å². The Labute approximate surface area is 156 Å². The molecule has 1 aromatic carbocycles.